The van der Waals surface area contributed by atoms with Crippen LogP contribution in [0.1, 0.15) is 226 Å². The lowest BCUT2D eigenvalue weighted by atomic mass is 10.1. The molecule has 0 aromatic carbocycles. The summed E-state index contributed by atoms with van der Waals surface area (Å²) in [6, 6.07) is 0. The van der Waals surface area contributed by atoms with Crippen LogP contribution in [0.3, 0.4) is 0 Å². The summed E-state index contributed by atoms with van der Waals surface area (Å²) in [5.41, 5.74) is 0. The van der Waals surface area contributed by atoms with Crippen molar-refractivity contribution in [1.29, 1.82) is 0 Å². The van der Waals surface area contributed by atoms with Gasteiger partial charge in [-0.1, -0.05) is 219 Å². The number of unbranched alkanes of at least 4 members (excludes halogenated alkanes) is 15. The molecule has 0 bridgehead atoms. The second-order valence-electron chi connectivity index (χ2n) is 17.7. The molecule has 388 valence electrons. The Kier molecular flexibility index (Phi) is 52.5. The largest absolute Gasteiger partial charge is 0.462 e. The molecule has 0 fully saturated rings. The molecule has 0 heterocycles. The third-order valence-electron chi connectivity index (χ3n) is 11.1. The van der Waals surface area contributed by atoms with E-state index in [2.05, 4.69) is 148 Å². The van der Waals surface area contributed by atoms with Gasteiger partial charge < -0.3 is 14.2 Å². The average Bonchev–Trinajstić information content (AvgIpc) is 3.35. The van der Waals surface area contributed by atoms with Crippen molar-refractivity contribution in [2.75, 3.05) is 13.2 Å². The summed E-state index contributed by atoms with van der Waals surface area (Å²) in [7, 11) is 0. The van der Waals surface area contributed by atoms with Crippen LogP contribution in [0.15, 0.2) is 134 Å². The van der Waals surface area contributed by atoms with Gasteiger partial charge in [0, 0.05) is 19.3 Å². The highest BCUT2D eigenvalue weighted by atomic mass is 16.6. The average molecular weight is 953 g/mol. The number of carbonyl (C=O) groups is 3. The Labute approximate surface area is 424 Å². The van der Waals surface area contributed by atoms with Gasteiger partial charge in [0.15, 0.2) is 6.10 Å². The molecule has 0 spiro atoms. The molecule has 0 aliphatic carbocycles. The van der Waals surface area contributed by atoms with E-state index in [4.69, 9.17) is 14.2 Å². The van der Waals surface area contributed by atoms with Gasteiger partial charge in [0.25, 0.3) is 0 Å². The van der Waals surface area contributed by atoms with Crippen LogP contribution in [0.25, 0.3) is 0 Å². The molecular weight excluding hydrogens is 853 g/mol. The lowest BCUT2D eigenvalue weighted by Crippen LogP contribution is -2.30. The van der Waals surface area contributed by atoms with Gasteiger partial charge in [-0.15, -0.1) is 0 Å². The molecule has 0 radical (unpaired) electrons. The van der Waals surface area contributed by atoms with Gasteiger partial charge in [0.05, 0.1) is 0 Å². The zero-order valence-electron chi connectivity index (χ0n) is 44.3. The van der Waals surface area contributed by atoms with Crippen LogP contribution in [-0.4, -0.2) is 37.2 Å². The summed E-state index contributed by atoms with van der Waals surface area (Å²) in [5.74, 6) is -1.04. The second kappa shape index (κ2) is 56.1. The summed E-state index contributed by atoms with van der Waals surface area (Å²) in [4.78, 5) is 38.1. The van der Waals surface area contributed by atoms with Crippen molar-refractivity contribution in [3.8, 4) is 0 Å². The number of allylic oxidation sites excluding steroid dienone is 22. The maximum absolute atomic E-state index is 12.8. The molecule has 0 amide bonds. The summed E-state index contributed by atoms with van der Waals surface area (Å²) in [6.45, 7) is 6.30. The minimum atomic E-state index is -0.827. The molecule has 0 saturated carbocycles. The third kappa shape index (κ3) is 54.4. The van der Waals surface area contributed by atoms with E-state index in [1.54, 1.807) is 0 Å². The fraction of sp³-hybridized carbons (Fsp3) is 0.603. The maximum atomic E-state index is 12.8. The molecule has 0 aromatic heterocycles. The quantitative estimate of drug-likeness (QED) is 0.0262. The number of hydrogen-bond acceptors (Lipinski definition) is 6. The van der Waals surface area contributed by atoms with E-state index in [1.165, 1.54) is 51.4 Å². The zero-order chi connectivity index (χ0) is 50.0. The molecule has 6 nitrogen and oxygen atoms in total. The fourth-order valence-corrected chi connectivity index (χ4v) is 7.04. The monoisotopic (exact) mass is 953 g/mol. The van der Waals surface area contributed by atoms with E-state index in [9.17, 15) is 14.4 Å². The maximum Gasteiger partial charge on any atom is 0.306 e. The number of ether oxygens (including phenoxy) is 3. The summed E-state index contributed by atoms with van der Waals surface area (Å²) >= 11 is 0. The summed E-state index contributed by atoms with van der Waals surface area (Å²) in [5, 5.41) is 0. The Morgan fingerprint density at radius 3 is 0.986 bits per heavy atom. The van der Waals surface area contributed by atoms with Crippen LogP contribution >= 0.6 is 0 Å². The van der Waals surface area contributed by atoms with E-state index in [-0.39, 0.29) is 44.0 Å². The van der Waals surface area contributed by atoms with Gasteiger partial charge in [-0.3, -0.25) is 14.4 Å². The normalized spacial score (nSPS) is 13.1. The van der Waals surface area contributed by atoms with Gasteiger partial charge in [0.1, 0.15) is 13.2 Å². The van der Waals surface area contributed by atoms with Gasteiger partial charge in [-0.2, -0.15) is 0 Å². The van der Waals surface area contributed by atoms with Gasteiger partial charge in [0.2, 0.25) is 0 Å². The van der Waals surface area contributed by atoms with Gasteiger partial charge in [-0.25, -0.2) is 0 Å². The Balaban J connectivity index is 4.54. The van der Waals surface area contributed by atoms with E-state index in [0.29, 0.717) is 12.8 Å². The number of carbonyl (C=O) groups excluding carboxylic acids is 3. The van der Waals surface area contributed by atoms with Crippen LogP contribution in [-0.2, 0) is 28.6 Å². The van der Waals surface area contributed by atoms with Crippen molar-refractivity contribution in [2.45, 2.75) is 232 Å². The zero-order valence-corrected chi connectivity index (χ0v) is 44.3. The molecule has 0 aliphatic heterocycles. The van der Waals surface area contributed by atoms with Crippen molar-refractivity contribution in [3.05, 3.63) is 134 Å². The first-order chi connectivity index (χ1) is 34.0. The Morgan fingerprint density at radius 1 is 0.304 bits per heavy atom. The minimum absolute atomic E-state index is 0.123. The first-order valence-corrected chi connectivity index (χ1v) is 27.7. The highest BCUT2D eigenvalue weighted by Gasteiger charge is 2.19. The number of esters is 3. The van der Waals surface area contributed by atoms with E-state index in [0.717, 1.165) is 128 Å². The minimum Gasteiger partial charge on any atom is -0.462 e. The topological polar surface area (TPSA) is 78.9 Å². The molecule has 6 heteroatoms. The van der Waals surface area contributed by atoms with Crippen LogP contribution in [0.5, 0.6) is 0 Å². The number of rotatable bonds is 48. The SMILES string of the molecule is CC/C=C\C/C=C\C/C=C\C/C=C\C/C=C\CCCCCC(=O)OCC(COC(=O)CC/C=C\C/C=C\CCCCCCCC)OC(=O)CCCCCCCC/C=C\C/C=C\C/C=C\C/C=C\CC. The number of hydrogen-bond donors (Lipinski definition) is 0. The van der Waals surface area contributed by atoms with Crippen LogP contribution in [0, 0.1) is 0 Å². The first kappa shape index (κ1) is 64.5. The first-order valence-electron chi connectivity index (χ1n) is 27.7. The van der Waals surface area contributed by atoms with Crippen molar-refractivity contribution in [1.82, 2.24) is 0 Å². The van der Waals surface area contributed by atoms with Crippen molar-refractivity contribution < 1.29 is 28.6 Å². The molecule has 0 N–H and O–H groups in total. The van der Waals surface area contributed by atoms with E-state index in [1.807, 2.05) is 6.08 Å². The molecule has 0 rings (SSSR count). The molecule has 0 aliphatic rings. The Bertz CT molecular complexity index is 1510. The highest BCUT2D eigenvalue weighted by molar-refractivity contribution is 5.71. The predicted octanol–water partition coefficient (Wildman–Crippen LogP) is 18.6. The molecule has 69 heavy (non-hydrogen) atoms. The molecule has 1 unspecified atom stereocenters. The molecular formula is C63H100O6. The third-order valence-corrected chi connectivity index (χ3v) is 11.1. The standard InChI is InChI=1S/C63H100O6/c1-4-7-10-13-16-19-22-25-27-29-31-33-35-38-41-44-47-50-53-56-62(65)68-59-60(58-67-61(64)55-52-49-46-43-40-37-24-21-18-15-12-9-6-3)69-63(66)57-54-51-48-45-42-39-36-34-32-30-28-26-23-20-17-14-11-8-5-2/h7-8,10-11,16-17,19-20,25-28,31-34,37-38,40-41,46,49,60H,4-6,9,12-15,18,21-24,29-30,35-36,39,42-45,47-48,50-59H2,1-3H3/b10-7-,11-8-,19-16-,20-17-,27-25-,28-26-,33-31-,34-32-,40-37-,41-38-,49-46-. The van der Waals surface area contributed by atoms with Gasteiger partial charge >= 0.3 is 17.9 Å². The van der Waals surface area contributed by atoms with Crippen LogP contribution in [0.2, 0.25) is 0 Å². The molecule has 0 aromatic rings. The van der Waals surface area contributed by atoms with E-state index >= 15 is 0 Å². The second-order valence-corrected chi connectivity index (χ2v) is 17.7. The molecule has 1 atom stereocenters. The van der Waals surface area contributed by atoms with Crippen LogP contribution in [0.4, 0.5) is 0 Å². The van der Waals surface area contributed by atoms with Crippen molar-refractivity contribution >= 4 is 17.9 Å². The van der Waals surface area contributed by atoms with Crippen LogP contribution < -0.4 is 0 Å². The van der Waals surface area contributed by atoms with Gasteiger partial charge in [-0.05, 0) is 122 Å². The molecule has 0 saturated heterocycles. The smallest absolute Gasteiger partial charge is 0.306 e. The van der Waals surface area contributed by atoms with Crippen molar-refractivity contribution in [3.63, 3.8) is 0 Å². The predicted molar refractivity (Wildman–Crippen MR) is 297 cm³/mol. The Hall–Kier alpha value is -4.45. The summed E-state index contributed by atoms with van der Waals surface area (Å²) < 4.78 is 16.7. The van der Waals surface area contributed by atoms with E-state index < -0.39 is 6.10 Å². The van der Waals surface area contributed by atoms with Crippen molar-refractivity contribution in [2.24, 2.45) is 0 Å². The Morgan fingerprint density at radius 2 is 0.594 bits per heavy atom. The lowest BCUT2D eigenvalue weighted by molar-refractivity contribution is -0.166. The lowest BCUT2D eigenvalue weighted by Gasteiger charge is -2.18. The highest BCUT2D eigenvalue weighted by Crippen LogP contribution is 2.12. The summed E-state index contributed by atoms with van der Waals surface area (Å²) in [6.07, 6.45) is 78.8. The fourth-order valence-electron chi connectivity index (χ4n) is 7.04.